The first-order valence-corrected chi connectivity index (χ1v) is 14.7. The number of nitrogens with zero attached hydrogens (tertiary/aromatic N) is 7. The summed E-state index contributed by atoms with van der Waals surface area (Å²) in [5.74, 6) is -7.63. The fraction of sp³-hybridized carbons (Fsp3) is 0.333. The Morgan fingerprint density at radius 3 is 1.87 bits per heavy atom. The summed E-state index contributed by atoms with van der Waals surface area (Å²) in [4.78, 5) is 52.9. The largest absolute Gasteiger partial charge is 0.490 e. The molecule has 0 aliphatic carbocycles. The van der Waals surface area contributed by atoms with Gasteiger partial charge in [-0.05, 0) is 50.4 Å². The van der Waals surface area contributed by atoms with Crippen LogP contribution in [0.5, 0.6) is 0 Å². The zero-order valence-corrected chi connectivity index (χ0v) is 27.7. The number of likely N-dealkylation sites (N-methyl/N-ethyl adjacent to an activating group) is 1. The quantitative estimate of drug-likeness (QED) is 0.207. The molecule has 4 aromatic heterocycles. The van der Waals surface area contributed by atoms with E-state index in [2.05, 4.69) is 48.4 Å². The Bertz CT molecular complexity index is 1830. The standard InChI is InChI=1S/C24H26N8O.3C2HF3O2/c1-17-13-19(8-10-25-17)27-24(33)18-6-7-22-28-29-23(32(22)14-18)21-16-31(12-11-30(21)2)15-20-5-3-4-9-26-20;3*3-2(4,5)1(6)7/h3-10,13-14,21H,11-12,15-16H2,1-2H3,(H,25,27,33);3*(H,6,7). The van der Waals surface area contributed by atoms with Crippen LogP contribution in [-0.4, -0.2) is 119 Å². The number of alkyl halides is 9. The topological polar surface area (TPSA) is 203 Å². The summed E-state index contributed by atoms with van der Waals surface area (Å²) < 4.78 is 97.1. The highest BCUT2D eigenvalue weighted by Crippen LogP contribution is 2.25. The van der Waals surface area contributed by atoms with Crippen molar-refractivity contribution in [3.63, 3.8) is 0 Å². The molecule has 1 unspecified atom stereocenters. The lowest BCUT2D eigenvalue weighted by Gasteiger charge is -2.38. The summed E-state index contributed by atoms with van der Waals surface area (Å²) in [5.41, 5.74) is 3.88. The van der Waals surface area contributed by atoms with Crippen LogP contribution in [0.15, 0.2) is 61.1 Å². The number of fused-ring (bicyclic) bond motifs is 1. The summed E-state index contributed by atoms with van der Waals surface area (Å²) >= 11 is 0. The smallest absolute Gasteiger partial charge is 0.475 e. The van der Waals surface area contributed by atoms with Gasteiger partial charge < -0.3 is 20.6 Å². The second-order valence-corrected chi connectivity index (χ2v) is 10.8. The van der Waals surface area contributed by atoms with Crippen molar-refractivity contribution >= 4 is 35.1 Å². The third-order valence-corrected chi connectivity index (χ3v) is 6.71. The number of nitrogens with one attached hydrogen (secondary N) is 1. The van der Waals surface area contributed by atoms with Gasteiger partial charge in [0.25, 0.3) is 5.91 Å². The average Bonchev–Trinajstić information content (AvgIpc) is 3.49. The lowest BCUT2D eigenvalue weighted by Crippen LogP contribution is -2.46. The molecule has 54 heavy (non-hydrogen) atoms. The second-order valence-electron chi connectivity index (χ2n) is 10.8. The number of aryl methyl sites for hydroxylation is 1. The van der Waals surface area contributed by atoms with E-state index in [1.165, 1.54) is 0 Å². The number of hydrogen-bond donors (Lipinski definition) is 4. The minimum absolute atomic E-state index is 0.0543. The number of anilines is 1. The lowest BCUT2D eigenvalue weighted by molar-refractivity contribution is -0.193. The maximum atomic E-state index is 12.9. The van der Waals surface area contributed by atoms with Crippen LogP contribution < -0.4 is 5.32 Å². The van der Waals surface area contributed by atoms with E-state index >= 15 is 0 Å². The van der Waals surface area contributed by atoms with Gasteiger partial charge in [0.15, 0.2) is 11.5 Å². The Morgan fingerprint density at radius 2 is 1.37 bits per heavy atom. The molecule has 0 aromatic carbocycles. The van der Waals surface area contributed by atoms with Gasteiger partial charge in [0.2, 0.25) is 0 Å². The zero-order valence-electron chi connectivity index (χ0n) is 27.7. The normalized spacial score (nSPS) is 15.0. The van der Waals surface area contributed by atoms with Crippen LogP contribution in [0.4, 0.5) is 45.2 Å². The molecule has 24 heteroatoms. The Hall–Kier alpha value is -5.91. The van der Waals surface area contributed by atoms with Gasteiger partial charge in [-0.1, -0.05) is 6.07 Å². The van der Waals surface area contributed by atoms with E-state index in [1.807, 2.05) is 48.0 Å². The fourth-order valence-corrected chi connectivity index (χ4v) is 4.17. The molecule has 5 rings (SSSR count). The minimum atomic E-state index is -5.08. The molecule has 294 valence electrons. The molecular weight excluding hydrogens is 755 g/mol. The van der Waals surface area contributed by atoms with Crippen LogP contribution in [0.3, 0.4) is 0 Å². The van der Waals surface area contributed by atoms with Gasteiger partial charge in [0, 0.05) is 56.2 Å². The highest BCUT2D eigenvalue weighted by Gasteiger charge is 2.39. The molecule has 15 nitrogen and oxygen atoms in total. The second kappa shape index (κ2) is 18.7. The van der Waals surface area contributed by atoms with Gasteiger partial charge in [0.05, 0.1) is 17.3 Å². The maximum absolute atomic E-state index is 12.9. The van der Waals surface area contributed by atoms with Crippen molar-refractivity contribution in [1.29, 1.82) is 0 Å². The van der Waals surface area contributed by atoms with E-state index in [4.69, 9.17) is 29.7 Å². The number of aliphatic carboxylic acids is 3. The van der Waals surface area contributed by atoms with Crippen molar-refractivity contribution < 1.29 is 74.0 Å². The van der Waals surface area contributed by atoms with Gasteiger partial charge in [-0.2, -0.15) is 39.5 Å². The van der Waals surface area contributed by atoms with Crippen molar-refractivity contribution in [2.75, 3.05) is 32.0 Å². The lowest BCUT2D eigenvalue weighted by atomic mass is 10.1. The van der Waals surface area contributed by atoms with E-state index < -0.39 is 36.4 Å². The molecule has 1 fully saturated rings. The number of piperazine rings is 1. The molecule has 1 aliphatic heterocycles. The zero-order chi connectivity index (χ0) is 41.0. The molecule has 5 heterocycles. The average molecular weight is 785 g/mol. The number of hydrogen-bond acceptors (Lipinski definition) is 10. The molecule has 0 radical (unpaired) electrons. The number of carbonyl (C=O) groups excluding carboxylic acids is 1. The van der Waals surface area contributed by atoms with E-state index in [-0.39, 0.29) is 11.9 Å². The predicted octanol–water partition coefficient (Wildman–Crippen LogP) is 4.47. The van der Waals surface area contributed by atoms with Gasteiger partial charge >= 0.3 is 36.4 Å². The maximum Gasteiger partial charge on any atom is 0.490 e. The third-order valence-electron chi connectivity index (χ3n) is 6.71. The molecule has 0 spiro atoms. The first kappa shape index (κ1) is 44.3. The highest BCUT2D eigenvalue weighted by atomic mass is 19.4. The Balaban J connectivity index is 0.000000393. The number of pyridine rings is 3. The molecule has 1 saturated heterocycles. The van der Waals surface area contributed by atoms with Gasteiger partial charge in [-0.15, -0.1) is 10.2 Å². The van der Waals surface area contributed by atoms with Crippen molar-refractivity contribution in [3.8, 4) is 0 Å². The molecule has 0 saturated carbocycles. The number of rotatable bonds is 5. The summed E-state index contributed by atoms with van der Waals surface area (Å²) in [6, 6.07) is 13.3. The first-order valence-electron chi connectivity index (χ1n) is 14.7. The number of halogens is 9. The van der Waals surface area contributed by atoms with E-state index in [1.54, 1.807) is 18.3 Å². The van der Waals surface area contributed by atoms with Crippen LogP contribution in [0.1, 0.15) is 33.6 Å². The van der Waals surface area contributed by atoms with E-state index in [0.717, 1.165) is 49.0 Å². The number of carboxylic acid groups (broad SMARTS) is 3. The monoisotopic (exact) mass is 784 g/mol. The van der Waals surface area contributed by atoms with Gasteiger partial charge in [-0.3, -0.25) is 29.0 Å². The molecule has 1 aliphatic rings. The van der Waals surface area contributed by atoms with Crippen LogP contribution in [0.25, 0.3) is 5.65 Å². The summed E-state index contributed by atoms with van der Waals surface area (Å²) in [5, 5.41) is 33.2. The Morgan fingerprint density at radius 1 is 0.796 bits per heavy atom. The van der Waals surface area contributed by atoms with E-state index in [0.29, 0.717) is 11.3 Å². The molecule has 1 atom stereocenters. The molecule has 1 amide bonds. The van der Waals surface area contributed by atoms with Gasteiger partial charge in [0.1, 0.15) is 0 Å². The summed E-state index contributed by atoms with van der Waals surface area (Å²) in [7, 11) is 2.10. The Kier molecular flexibility index (Phi) is 15.3. The molecule has 4 N–H and O–H groups in total. The minimum Gasteiger partial charge on any atom is -0.475 e. The molecule has 0 bridgehead atoms. The number of carbonyl (C=O) groups is 4. The van der Waals surface area contributed by atoms with Crippen LogP contribution >= 0.6 is 0 Å². The number of amides is 1. The Labute approximate surface area is 297 Å². The van der Waals surface area contributed by atoms with Gasteiger partial charge in [-0.25, -0.2) is 14.4 Å². The van der Waals surface area contributed by atoms with E-state index in [9.17, 15) is 44.3 Å². The van der Waals surface area contributed by atoms with Crippen molar-refractivity contribution in [2.45, 2.75) is 38.0 Å². The van der Waals surface area contributed by atoms with Crippen LogP contribution in [-0.2, 0) is 20.9 Å². The van der Waals surface area contributed by atoms with Crippen molar-refractivity contribution in [1.82, 2.24) is 34.4 Å². The molecule has 4 aromatic rings. The number of carboxylic acids is 3. The number of aromatic nitrogens is 5. The molecular formula is C30H29F9N8O7. The predicted molar refractivity (Wildman–Crippen MR) is 166 cm³/mol. The SMILES string of the molecule is Cc1cc(NC(=O)c2ccc3nnc(C4CN(Cc5ccccn5)CCN4C)n3c2)ccn1.O=C(O)C(F)(F)F.O=C(O)C(F)(F)F.O=C(O)C(F)(F)F. The summed E-state index contributed by atoms with van der Waals surface area (Å²) in [6.07, 6.45) is -9.92. The van der Waals surface area contributed by atoms with Crippen LogP contribution in [0.2, 0.25) is 0 Å². The highest BCUT2D eigenvalue weighted by molar-refractivity contribution is 6.04. The third kappa shape index (κ3) is 14.3. The fourth-order valence-electron chi connectivity index (χ4n) is 4.17. The van der Waals surface area contributed by atoms with Crippen molar-refractivity contribution in [2.24, 2.45) is 0 Å². The van der Waals surface area contributed by atoms with Crippen LogP contribution in [0, 0.1) is 6.92 Å². The summed E-state index contributed by atoms with van der Waals surface area (Å²) in [6.45, 7) is 5.36. The first-order chi connectivity index (χ1) is 24.9. The van der Waals surface area contributed by atoms with Crippen molar-refractivity contribution in [3.05, 3.63) is 83.8 Å².